The summed E-state index contributed by atoms with van der Waals surface area (Å²) in [6.07, 6.45) is -13.2. The largest absolute Gasteiger partial charge is 0.465 e. The summed E-state index contributed by atoms with van der Waals surface area (Å²) >= 11 is 0. The molecule has 24 heavy (non-hydrogen) atoms. The Labute approximate surface area is 128 Å². The molecule has 0 aliphatic heterocycles. The summed E-state index contributed by atoms with van der Waals surface area (Å²) in [5.74, 6) is -1.62. The van der Waals surface area contributed by atoms with E-state index in [1.165, 1.54) is 0 Å². The highest BCUT2D eigenvalue weighted by molar-refractivity contribution is 5.82. The van der Waals surface area contributed by atoms with Gasteiger partial charge in [0.2, 0.25) is 11.2 Å². The number of amides is 1. The zero-order valence-corrected chi connectivity index (χ0v) is 11.3. The van der Waals surface area contributed by atoms with Crippen molar-refractivity contribution in [1.29, 1.82) is 0 Å². The molecule has 7 nitrogen and oxygen atoms in total. The number of alkyl halides is 6. The fourth-order valence-corrected chi connectivity index (χ4v) is 2.12. The first-order valence-corrected chi connectivity index (χ1v) is 5.98. The standard InChI is InChI=1S/C11H7F6N5O2/c12-10(13,14)9(11(15,16)17,7-19-21-22-20-7)5-1-3-6(4-2-5)18-8(23)24/h1-4,18H,(H,23,24)(H,19,20,21,22). The van der Waals surface area contributed by atoms with E-state index in [-0.39, 0.29) is 5.69 Å². The molecule has 1 amide bonds. The van der Waals surface area contributed by atoms with Gasteiger partial charge >= 0.3 is 18.4 Å². The predicted molar refractivity (Wildman–Crippen MR) is 65.2 cm³/mol. The van der Waals surface area contributed by atoms with Gasteiger partial charge in [-0.3, -0.25) is 5.32 Å². The molecule has 1 aromatic heterocycles. The number of halogens is 6. The van der Waals surface area contributed by atoms with Crippen LogP contribution in [0, 0.1) is 0 Å². The third-order valence-corrected chi connectivity index (χ3v) is 3.10. The molecule has 0 spiro atoms. The number of rotatable bonds is 3. The lowest BCUT2D eigenvalue weighted by Crippen LogP contribution is -2.55. The molecule has 0 saturated carbocycles. The summed E-state index contributed by atoms with van der Waals surface area (Å²) in [5, 5.41) is 20.4. The molecule has 0 saturated heterocycles. The van der Waals surface area contributed by atoms with Crippen LogP contribution in [-0.2, 0) is 5.41 Å². The number of H-pyrrole nitrogens is 1. The van der Waals surface area contributed by atoms with Crippen molar-refractivity contribution in [1.82, 2.24) is 20.6 Å². The minimum atomic E-state index is -5.84. The molecule has 0 aliphatic rings. The van der Waals surface area contributed by atoms with Crippen LogP contribution in [0.5, 0.6) is 0 Å². The summed E-state index contributed by atoms with van der Waals surface area (Å²) in [7, 11) is 0. The van der Waals surface area contributed by atoms with E-state index < -0.39 is 35.2 Å². The van der Waals surface area contributed by atoms with Crippen molar-refractivity contribution >= 4 is 11.8 Å². The highest BCUT2D eigenvalue weighted by atomic mass is 19.4. The van der Waals surface area contributed by atoms with E-state index in [1.807, 2.05) is 0 Å². The van der Waals surface area contributed by atoms with Crippen molar-refractivity contribution < 1.29 is 36.2 Å². The number of aromatic amines is 1. The van der Waals surface area contributed by atoms with E-state index in [0.717, 1.165) is 12.1 Å². The normalized spacial score (nSPS) is 12.9. The first-order valence-electron chi connectivity index (χ1n) is 5.98. The Morgan fingerprint density at radius 1 is 1.04 bits per heavy atom. The van der Waals surface area contributed by atoms with Gasteiger partial charge in [0.25, 0.3) is 0 Å². The van der Waals surface area contributed by atoms with Crippen LogP contribution in [0.1, 0.15) is 11.4 Å². The second-order valence-corrected chi connectivity index (χ2v) is 4.49. The Morgan fingerprint density at radius 3 is 1.96 bits per heavy atom. The fourth-order valence-electron chi connectivity index (χ4n) is 2.12. The van der Waals surface area contributed by atoms with Crippen LogP contribution in [0.3, 0.4) is 0 Å². The van der Waals surface area contributed by atoms with Crippen LogP contribution in [-0.4, -0.2) is 44.2 Å². The van der Waals surface area contributed by atoms with E-state index in [4.69, 9.17) is 5.11 Å². The third kappa shape index (κ3) is 2.72. The molecule has 0 atom stereocenters. The SMILES string of the molecule is O=C(O)Nc1ccc(C(c2nn[nH]n2)(C(F)(F)F)C(F)(F)F)cc1. The van der Waals surface area contributed by atoms with Gasteiger partial charge in [-0.2, -0.15) is 31.6 Å². The Balaban J connectivity index is 2.69. The lowest BCUT2D eigenvalue weighted by Gasteiger charge is -2.35. The van der Waals surface area contributed by atoms with Crippen molar-refractivity contribution in [2.24, 2.45) is 0 Å². The number of carboxylic acid groups (broad SMARTS) is 1. The van der Waals surface area contributed by atoms with Gasteiger partial charge in [0.05, 0.1) is 0 Å². The van der Waals surface area contributed by atoms with Gasteiger partial charge in [-0.1, -0.05) is 17.3 Å². The molecule has 13 heteroatoms. The van der Waals surface area contributed by atoms with Gasteiger partial charge in [0.1, 0.15) is 0 Å². The minimum Gasteiger partial charge on any atom is -0.465 e. The molecule has 2 aromatic rings. The lowest BCUT2D eigenvalue weighted by atomic mass is 9.78. The zero-order chi connectivity index (χ0) is 18.2. The lowest BCUT2D eigenvalue weighted by molar-refractivity contribution is -0.290. The van der Waals surface area contributed by atoms with Gasteiger partial charge in [-0.15, -0.1) is 10.2 Å². The van der Waals surface area contributed by atoms with Crippen molar-refractivity contribution in [3.8, 4) is 0 Å². The molecular weight excluding hydrogens is 348 g/mol. The fraction of sp³-hybridized carbons (Fsp3) is 0.273. The smallest absolute Gasteiger partial charge is 0.414 e. The summed E-state index contributed by atoms with van der Waals surface area (Å²) < 4.78 is 80.9. The number of hydrogen-bond donors (Lipinski definition) is 3. The highest BCUT2D eigenvalue weighted by Crippen LogP contribution is 2.54. The third-order valence-electron chi connectivity index (χ3n) is 3.10. The maximum Gasteiger partial charge on any atom is 0.414 e. The molecule has 0 aliphatic carbocycles. The van der Waals surface area contributed by atoms with Crippen LogP contribution in [0.15, 0.2) is 24.3 Å². The van der Waals surface area contributed by atoms with Gasteiger partial charge < -0.3 is 5.11 Å². The van der Waals surface area contributed by atoms with Crippen LogP contribution >= 0.6 is 0 Å². The van der Waals surface area contributed by atoms with Gasteiger partial charge in [-0.25, -0.2) is 4.79 Å². The average Bonchev–Trinajstić information content (AvgIpc) is 2.91. The molecule has 0 fully saturated rings. The molecule has 0 radical (unpaired) electrons. The Kier molecular flexibility index (Phi) is 4.12. The quantitative estimate of drug-likeness (QED) is 0.735. The second-order valence-electron chi connectivity index (χ2n) is 4.49. The molecule has 1 heterocycles. The molecule has 130 valence electrons. The van der Waals surface area contributed by atoms with E-state index in [2.05, 4.69) is 15.4 Å². The van der Waals surface area contributed by atoms with Crippen molar-refractivity contribution in [2.45, 2.75) is 17.8 Å². The molecule has 1 aromatic carbocycles. The average molecular weight is 355 g/mol. The van der Waals surface area contributed by atoms with E-state index >= 15 is 0 Å². The molecule has 0 unspecified atom stereocenters. The second kappa shape index (κ2) is 5.65. The Bertz CT molecular complexity index is 696. The first kappa shape index (κ1) is 17.5. The predicted octanol–water partition coefficient (Wildman–Crippen LogP) is 2.70. The number of nitrogens with one attached hydrogen (secondary N) is 2. The summed E-state index contributed by atoms with van der Waals surface area (Å²) in [6.45, 7) is 0. The van der Waals surface area contributed by atoms with E-state index in [0.29, 0.717) is 12.1 Å². The number of tetrazole rings is 1. The zero-order valence-electron chi connectivity index (χ0n) is 11.3. The Hall–Kier alpha value is -2.86. The molecular formula is C11H7F6N5O2. The summed E-state index contributed by atoms with van der Waals surface area (Å²) in [4.78, 5) is 10.5. The van der Waals surface area contributed by atoms with Crippen LogP contribution in [0.2, 0.25) is 0 Å². The highest BCUT2D eigenvalue weighted by Gasteiger charge is 2.75. The summed E-state index contributed by atoms with van der Waals surface area (Å²) in [5.41, 5.74) is -5.97. The van der Waals surface area contributed by atoms with Crippen molar-refractivity contribution in [2.75, 3.05) is 5.32 Å². The number of carbonyl (C=O) groups is 1. The van der Waals surface area contributed by atoms with E-state index in [1.54, 1.807) is 10.5 Å². The molecule has 3 N–H and O–H groups in total. The van der Waals surface area contributed by atoms with E-state index in [9.17, 15) is 31.1 Å². The maximum absolute atomic E-state index is 13.5. The number of nitrogens with zero attached hydrogens (tertiary/aromatic N) is 3. The number of aromatic nitrogens is 4. The first-order chi connectivity index (χ1) is 11.0. The number of benzene rings is 1. The molecule has 0 bridgehead atoms. The number of anilines is 1. The monoisotopic (exact) mass is 355 g/mol. The van der Waals surface area contributed by atoms with Gasteiger partial charge in [-0.05, 0) is 17.7 Å². The maximum atomic E-state index is 13.5. The van der Waals surface area contributed by atoms with Crippen LogP contribution in [0.25, 0.3) is 0 Å². The summed E-state index contributed by atoms with van der Waals surface area (Å²) in [6, 6.07) is 2.50. The van der Waals surface area contributed by atoms with Crippen molar-refractivity contribution in [3.63, 3.8) is 0 Å². The Morgan fingerprint density at radius 2 is 1.58 bits per heavy atom. The number of hydrogen-bond acceptors (Lipinski definition) is 4. The van der Waals surface area contributed by atoms with Crippen molar-refractivity contribution in [3.05, 3.63) is 35.7 Å². The van der Waals surface area contributed by atoms with Gasteiger partial charge in [0, 0.05) is 5.69 Å². The van der Waals surface area contributed by atoms with Crippen LogP contribution in [0.4, 0.5) is 36.8 Å². The van der Waals surface area contributed by atoms with Gasteiger partial charge in [0.15, 0.2) is 0 Å². The molecule has 2 rings (SSSR count). The van der Waals surface area contributed by atoms with Crippen LogP contribution < -0.4 is 5.32 Å². The topological polar surface area (TPSA) is 104 Å². The minimum absolute atomic E-state index is 0.211.